The van der Waals surface area contributed by atoms with Crippen LogP contribution in [0.15, 0.2) is 42.9 Å². The number of nitrogens with zero attached hydrogens (tertiary/aromatic N) is 2. The van der Waals surface area contributed by atoms with E-state index >= 15 is 0 Å². The van der Waals surface area contributed by atoms with Crippen molar-refractivity contribution in [1.82, 2.24) is 14.9 Å². The summed E-state index contributed by atoms with van der Waals surface area (Å²) in [7, 11) is 0. The van der Waals surface area contributed by atoms with Gasteiger partial charge in [0.25, 0.3) is 0 Å². The number of nitrogens with one attached hydrogen (secondary N) is 1. The molecule has 1 aromatic heterocycles. The summed E-state index contributed by atoms with van der Waals surface area (Å²) in [6.45, 7) is 7.38. The summed E-state index contributed by atoms with van der Waals surface area (Å²) < 4.78 is 2.25. The Morgan fingerprint density at radius 1 is 1.26 bits per heavy atom. The van der Waals surface area contributed by atoms with Gasteiger partial charge in [0.2, 0.25) is 0 Å². The van der Waals surface area contributed by atoms with E-state index in [1.54, 1.807) is 0 Å². The van der Waals surface area contributed by atoms with Gasteiger partial charge in [0.05, 0.1) is 12.0 Å². The maximum absolute atomic E-state index is 4.27. The highest BCUT2D eigenvalue weighted by atomic mass is 15.1. The van der Waals surface area contributed by atoms with Crippen molar-refractivity contribution in [2.75, 3.05) is 6.54 Å². The lowest BCUT2D eigenvalue weighted by Crippen LogP contribution is -2.17. The van der Waals surface area contributed by atoms with E-state index in [0.29, 0.717) is 5.92 Å². The number of rotatable bonds is 7. The fourth-order valence-corrected chi connectivity index (χ4v) is 2.24. The Kier molecular flexibility index (Phi) is 5.16. The van der Waals surface area contributed by atoms with E-state index in [9.17, 15) is 0 Å². The summed E-state index contributed by atoms with van der Waals surface area (Å²) >= 11 is 0. The van der Waals surface area contributed by atoms with Crippen LogP contribution in [0, 0.1) is 0 Å². The lowest BCUT2D eigenvalue weighted by Gasteiger charge is -2.15. The average molecular weight is 257 g/mol. The van der Waals surface area contributed by atoms with E-state index < -0.39 is 0 Å². The minimum Gasteiger partial charge on any atom is -0.333 e. The van der Waals surface area contributed by atoms with Crippen LogP contribution in [0.1, 0.15) is 37.4 Å². The molecule has 1 aromatic carbocycles. The second-order valence-electron chi connectivity index (χ2n) is 5.03. The molecule has 0 aliphatic rings. The van der Waals surface area contributed by atoms with Crippen LogP contribution in [0.5, 0.6) is 0 Å². The van der Waals surface area contributed by atoms with E-state index in [-0.39, 0.29) is 0 Å². The molecule has 0 saturated carbocycles. The summed E-state index contributed by atoms with van der Waals surface area (Å²) in [6.07, 6.45) is 5.05. The molecular formula is C16H23N3. The molecular weight excluding hydrogens is 234 g/mol. The Labute approximate surface area is 115 Å². The van der Waals surface area contributed by atoms with Crippen molar-refractivity contribution in [3.05, 3.63) is 54.1 Å². The molecule has 1 heterocycles. The van der Waals surface area contributed by atoms with E-state index in [0.717, 1.165) is 26.1 Å². The van der Waals surface area contributed by atoms with Gasteiger partial charge in [0.1, 0.15) is 0 Å². The molecule has 0 aliphatic carbocycles. The van der Waals surface area contributed by atoms with E-state index in [1.807, 2.05) is 12.5 Å². The Balaban J connectivity index is 1.97. The summed E-state index contributed by atoms with van der Waals surface area (Å²) in [5.74, 6) is 0.500. The first kappa shape index (κ1) is 13.8. The van der Waals surface area contributed by atoms with Crippen molar-refractivity contribution in [2.45, 2.75) is 39.3 Å². The fraction of sp³-hybridized carbons (Fsp3) is 0.438. The molecule has 0 fully saturated rings. The molecule has 0 spiro atoms. The lowest BCUT2D eigenvalue weighted by atomic mass is 10.0. The van der Waals surface area contributed by atoms with E-state index in [1.165, 1.54) is 11.3 Å². The standard InChI is InChI=1S/C16H23N3/c1-3-9-17-10-16-11-18-13-19(16)12-14(2)15-7-5-4-6-8-15/h4-8,11,13-14,17H,3,9-10,12H2,1-2H3. The molecule has 0 amide bonds. The zero-order valence-electron chi connectivity index (χ0n) is 11.8. The number of aromatic nitrogens is 2. The Bertz CT molecular complexity index is 476. The molecule has 3 nitrogen and oxygen atoms in total. The van der Waals surface area contributed by atoms with Gasteiger partial charge in [-0.15, -0.1) is 0 Å². The van der Waals surface area contributed by atoms with Crippen LogP contribution in [0.25, 0.3) is 0 Å². The monoisotopic (exact) mass is 257 g/mol. The molecule has 0 radical (unpaired) electrons. The highest BCUT2D eigenvalue weighted by Gasteiger charge is 2.08. The fourth-order valence-electron chi connectivity index (χ4n) is 2.24. The molecule has 0 aliphatic heterocycles. The lowest BCUT2D eigenvalue weighted by molar-refractivity contribution is 0.556. The molecule has 102 valence electrons. The van der Waals surface area contributed by atoms with Crippen molar-refractivity contribution >= 4 is 0 Å². The van der Waals surface area contributed by atoms with Crippen molar-refractivity contribution < 1.29 is 0 Å². The van der Waals surface area contributed by atoms with Crippen molar-refractivity contribution in [3.8, 4) is 0 Å². The molecule has 19 heavy (non-hydrogen) atoms. The van der Waals surface area contributed by atoms with Crippen LogP contribution in [0.2, 0.25) is 0 Å². The number of imidazole rings is 1. The number of hydrogen-bond donors (Lipinski definition) is 1. The Morgan fingerprint density at radius 2 is 2.05 bits per heavy atom. The first-order valence-electron chi connectivity index (χ1n) is 7.06. The van der Waals surface area contributed by atoms with E-state index in [2.05, 4.69) is 59.0 Å². The molecule has 3 heteroatoms. The molecule has 2 aromatic rings. The molecule has 1 atom stereocenters. The Morgan fingerprint density at radius 3 is 2.79 bits per heavy atom. The van der Waals surface area contributed by atoms with Crippen LogP contribution in [-0.4, -0.2) is 16.1 Å². The van der Waals surface area contributed by atoms with Crippen molar-refractivity contribution in [2.24, 2.45) is 0 Å². The number of hydrogen-bond acceptors (Lipinski definition) is 2. The van der Waals surface area contributed by atoms with Gasteiger partial charge in [-0.3, -0.25) is 0 Å². The first-order valence-corrected chi connectivity index (χ1v) is 7.06. The van der Waals surface area contributed by atoms with Crippen LogP contribution in [-0.2, 0) is 13.1 Å². The smallest absolute Gasteiger partial charge is 0.0948 e. The molecule has 1 unspecified atom stereocenters. The van der Waals surface area contributed by atoms with Crippen LogP contribution in [0.4, 0.5) is 0 Å². The molecule has 0 saturated heterocycles. The quantitative estimate of drug-likeness (QED) is 0.772. The van der Waals surface area contributed by atoms with Gasteiger partial charge in [0, 0.05) is 19.3 Å². The highest BCUT2D eigenvalue weighted by molar-refractivity contribution is 5.18. The summed E-state index contributed by atoms with van der Waals surface area (Å²) in [4.78, 5) is 4.27. The van der Waals surface area contributed by atoms with Gasteiger partial charge in [-0.1, -0.05) is 44.2 Å². The van der Waals surface area contributed by atoms with Gasteiger partial charge < -0.3 is 9.88 Å². The van der Waals surface area contributed by atoms with Crippen LogP contribution in [0.3, 0.4) is 0 Å². The third kappa shape index (κ3) is 3.93. The van der Waals surface area contributed by atoms with Gasteiger partial charge in [-0.25, -0.2) is 4.98 Å². The predicted molar refractivity (Wildman–Crippen MR) is 79.1 cm³/mol. The van der Waals surface area contributed by atoms with Gasteiger partial charge in [0.15, 0.2) is 0 Å². The minimum absolute atomic E-state index is 0.500. The second kappa shape index (κ2) is 7.10. The zero-order chi connectivity index (χ0) is 13.5. The maximum Gasteiger partial charge on any atom is 0.0948 e. The van der Waals surface area contributed by atoms with Crippen molar-refractivity contribution in [1.29, 1.82) is 0 Å². The first-order chi connectivity index (χ1) is 9.31. The van der Waals surface area contributed by atoms with Gasteiger partial charge in [-0.05, 0) is 24.4 Å². The van der Waals surface area contributed by atoms with E-state index in [4.69, 9.17) is 0 Å². The molecule has 2 rings (SSSR count). The molecule has 0 bridgehead atoms. The van der Waals surface area contributed by atoms with Crippen LogP contribution < -0.4 is 5.32 Å². The van der Waals surface area contributed by atoms with Crippen LogP contribution >= 0.6 is 0 Å². The SMILES string of the molecule is CCCNCc1cncn1CC(C)c1ccccc1. The highest BCUT2D eigenvalue weighted by Crippen LogP contribution is 2.17. The third-order valence-corrected chi connectivity index (χ3v) is 3.37. The largest absolute Gasteiger partial charge is 0.333 e. The summed E-state index contributed by atoms with van der Waals surface area (Å²) in [6, 6.07) is 10.6. The van der Waals surface area contributed by atoms with Gasteiger partial charge in [-0.2, -0.15) is 0 Å². The average Bonchev–Trinajstić information content (AvgIpc) is 2.87. The third-order valence-electron chi connectivity index (χ3n) is 3.37. The topological polar surface area (TPSA) is 29.9 Å². The number of benzene rings is 1. The summed E-state index contributed by atoms with van der Waals surface area (Å²) in [5.41, 5.74) is 2.64. The molecule has 1 N–H and O–H groups in total. The minimum atomic E-state index is 0.500. The predicted octanol–water partition coefficient (Wildman–Crippen LogP) is 3.19. The summed E-state index contributed by atoms with van der Waals surface area (Å²) in [5, 5.41) is 3.43. The zero-order valence-corrected chi connectivity index (χ0v) is 11.8. The van der Waals surface area contributed by atoms with Gasteiger partial charge >= 0.3 is 0 Å². The second-order valence-corrected chi connectivity index (χ2v) is 5.03. The maximum atomic E-state index is 4.27. The normalized spacial score (nSPS) is 12.5. The Hall–Kier alpha value is -1.61. The van der Waals surface area contributed by atoms with Crippen molar-refractivity contribution in [3.63, 3.8) is 0 Å².